The normalized spacial score (nSPS) is 18.9. The summed E-state index contributed by atoms with van der Waals surface area (Å²) in [6.45, 7) is 6.91. The minimum Gasteiger partial charge on any atom is -0.369 e. The summed E-state index contributed by atoms with van der Waals surface area (Å²) in [6, 6.07) is 6.79. The fraction of sp³-hybridized carbons (Fsp3) is 0.476. The van der Waals surface area contributed by atoms with Gasteiger partial charge in [-0.3, -0.25) is 9.69 Å². The summed E-state index contributed by atoms with van der Waals surface area (Å²) in [5.41, 5.74) is 1.97. The standard InChI is InChI=1S/C21H27FN4OS/c1-23-15-19-20(27)7-10-26(28-21(19)16-23)9-2-8-24-11-13-25(14-12-24)18-5-3-17(22)4-6-18/h3-6,15-16H,2,7-14H2,1H3. The molecular formula is C21H27FN4OS. The van der Waals surface area contributed by atoms with Gasteiger partial charge in [0.15, 0.2) is 5.78 Å². The maximum atomic E-state index is 13.1. The monoisotopic (exact) mass is 402 g/mol. The van der Waals surface area contributed by atoms with Crippen LogP contribution in [0.5, 0.6) is 0 Å². The Morgan fingerprint density at radius 2 is 1.75 bits per heavy atom. The van der Waals surface area contributed by atoms with E-state index in [2.05, 4.69) is 14.1 Å². The average Bonchev–Trinajstić information content (AvgIpc) is 3.00. The number of anilines is 1. The summed E-state index contributed by atoms with van der Waals surface area (Å²) in [6.07, 6.45) is 5.68. The van der Waals surface area contributed by atoms with Crippen LogP contribution in [0.1, 0.15) is 23.2 Å². The van der Waals surface area contributed by atoms with Gasteiger partial charge in [0.2, 0.25) is 0 Å². The number of piperazine rings is 1. The molecule has 1 saturated heterocycles. The molecule has 0 spiro atoms. The maximum Gasteiger partial charge on any atom is 0.166 e. The van der Waals surface area contributed by atoms with Gasteiger partial charge >= 0.3 is 0 Å². The van der Waals surface area contributed by atoms with Gasteiger partial charge in [0.25, 0.3) is 0 Å². The van der Waals surface area contributed by atoms with Gasteiger partial charge in [-0.15, -0.1) is 0 Å². The van der Waals surface area contributed by atoms with Crippen LogP contribution in [0, 0.1) is 5.82 Å². The van der Waals surface area contributed by atoms with Crippen LogP contribution < -0.4 is 4.90 Å². The Balaban J connectivity index is 1.22. The largest absolute Gasteiger partial charge is 0.369 e. The van der Waals surface area contributed by atoms with E-state index in [9.17, 15) is 9.18 Å². The van der Waals surface area contributed by atoms with Crippen LogP contribution in [0.15, 0.2) is 41.6 Å². The average molecular weight is 403 g/mol. The lowest BCUT2D eigenvalue weighted by atomic mass is 10.1. The lowest BCUT2D eigenvalue weighted by Crippen LogP contribution is -2.47. The number of carbonyl (C=O) groups is 1. The second kappa shape index (κ2) is 8.68. The van der Waals surface area contributed by atoms with E-state index in [1.54, 1.807) is 11.9 Å². The van der Waals surface area contributed by atoms with Crippen molar-refractivity contribution >= 4 is 23.4 Å². The molecule has 7 heteroatoms. The lowest BCUT2D eigenvalue weighted by molar-refractivity contribution is 0.0976. The molecule has 0 saturated carbocycles. The van der Waals surface area contributed by atoms with Gasteiger partial charge in [0.05, 0.1) is 10.5 Å². The zero-order valence-corrected chi connectivity index (χ0v) is 17.1. The van der Waals surface area contributed by atoms with Crippen molar-refractivity contribution in [1.29, 1.82) is 0 Å². The fourth-order valence-corrected chi connectivity index (χ4v) is 5.06. The van der Waals surface area contributed by atoms with Crippen LogP contribution in [-0.2, 0) is 7.05 Å². The first kappa shape index (κ1) is 19.5. The van der Waals surface area contributed by atoms with E-state index in [0.29, 0.717) is 6.42 Å². The van der Waals surface area contributed by atoms with Crippen molar-refractivity contribution in [3.05, 3.63) is 48.0 Å². The molecule has 0 radical (unpaired) electrons. The molecule has 1 aromatic carbocycles. The number of aromatic nitrogens is 1. The molecular weight excluding hydrogens is 375 g/mol. The quantitative estimate of drug-likeness (QED) is 0.717. The molecule has 1 aromatic heterocycles. The smallest absolute Gasteiger partial charge is 0.166 e. The third-order valence-electron chi connectivity index (χ3n) is 5.48. The molecule has 0 atom stereocenters. The summed E-state index contributed by atoms with van der Waals surface area (Å²) in [7, 11) is 1.97. The molecule has 2 aromatic rings. The zero-order chi connectivity index (χ0) is 19.5. The number of fused-ring (bicyclic) bond motifs is 1. The Morgan fingerprint density at radius 1 is 1.00 bits per heavy atom. The number of aryl methyl sites for hydroxylation is 1. The Morgan fingerprint density at radius 3 is 2.50 bits per heavy atom. The first-order valence-electron chi connectivity index (χ1n) is 9.93. The second-order valence-corrected chi connectivity index (χ2v) is 8.69. The van der Waals surface area contributed by atoms with Crippen molar-refractivity contribution in [2.24, 2.45) is 7.05 Å². The molecule has 150 valence electrons. The molecule has 0 unspecified atom stereocenters. The van der Waals surface area contributed by atoms with E-state index in [4.69, 9.17) is 0 Å². The Labute approximate surface area is 170 Å². The molecule has 0 aliphatic carbocycles. The number of hydrogen-bond acceptors (Lipinski definition) is 5. The van der Waals surface area contributed by atoms with Gasteiger partial charge in [-0.1, -0.05) is 0 Å². The van der Waals surface area contributed by atoms with Crippen LogP contribution in [0.25, 0.3) is 0 Å². The zero-order valence-electron chi connectivity index (χ0n) is 16.3. The highest BCUT2D eigenvalue weighted by molar-refractivity contribution is 7.97. The van der Waals surface area contributed by atoms with E-state index in [1.165, 1.54) is 12.1 Å². The summed E-state index contributed by atoms with van der Waals surface area (Å²) in [4.78, 5) is 18.2. The van der Waals surface area contributed by atoms with Crippen molar-refractivity contribution < 1.29 is 9.18 Å². The first-order chi connectivity index (χ1) is 13.6. The summed E-state index contributed by atoms with van der Waals surface area (Å²) < 4.78 is 17.4. The van der Waals surface area contributed by atoms with E-state index >= 15 is 0 Å². The summed E-state index contributed by atoms with van der Waals surface area (Å²) >= 11 is 1.72. The van der Waals surface area contributed by atoms with Crippen LogP contribution >= 0.6 is 11.9 Å². The molecule has 2 aliphatic heterocycles. The van der Waals surface area contributed by atoms with Gasteiger partial charge in [0.1, 0.15) is 5.82 Å². The first-order valence-corrected chi connectivity index (χ1v) is 10.7. The molecule has 1 fully saturated rings. The number of Topliss-reactive ketones (excluding diaryl/α,β-unsaturated/α-hetero) is 1. The summed E-state index contributed by atoms with van der Waals surface area (Å²) in [5.74, 6) is 0.0700. The lowest BCUT2D eigenvalue weighted by Gasteiger charge is -2.36. The molecule has 28 heavy (non-hydrogen) atoms. The molecule has 2 aliphatic rings. The van der Waals surface area contributed by atoms with Gasteiger partial charge in [0, 0.05) is 70.8 Å². The van der Waals surface area contributed by atoms with Crippen LogP contribution in [-0.4, -0.2) is 65.4 Å². The molecule has 0 bridgehead atoms. The van der Waals surface area contributed by atoms with Gasteiger partial charge in [-0.25, -0.2) is 8.70 Å². The topological polar surface area (TPSA) is 31.7 Å². The molecule has 5 nitrogen and oxygen atoms in total. The van der Waals surface area contributed by atoms with Gasteiger partial charge < -0.3 is 9.47 Å². The number of nitrogens with zero attached hydrogens (tertiary/aromatic N) is 4. The van der Waals surface area contributed by atoms with E-state index in [0.717, 1.165) is 68.4 Å². The highest BCUT2D eigenvalue weighted by Gasteiger charge is 2.23. The maximum absolute atomic E-state index is 13.1. The molecule has 3 heterocycles. The van der Waals surface area contributed by atoms with Crippen molar-refractivity contribution in [3.8, 4) is 0 Å². The van der Waals surface area contributed by atoms with E-state index in [-0.39, 0.29) is 11.6 Å². The van der Waals surface area contributed by atoms with Gasteiger partial charge in [-0.05, 0) is 49.2 Å². The van der Waals surface area contributed by atoms with E-state index in [1.807, 2.05) is 36.1 Å². The number of rotatable bonds is 5. The number of carbonyl (C=O) groups excluding carboxylic acids is 1. The third-order valence-corrected chi connectivity index (χ3v) is 6.63. The van der Waals surface area contributed by atoms with Gasteiger partial charge in [-0.2, -0.15) is 0 Å². The number of hydrogen-bond donors (Lipinski definition) is 0. The molecule has 0 amide bonds. The number of benzene rings is 1. The highest BCUT2D eigenvalue weighted by Crippen LogP contribution is 2.31. The molecule has 4 rings (SSSR count). The van der Waals surface area contributed by atoms with Crippen LogP contribution in [0.3, 0.4) is 0 Å². The minimum absolute atomic E-state index is 0.182. The predicted molar refractivity (Wildman–Crippen MR) is 111 cm³/mol. The van der Waals surface area contributed by atoms with Crippen molar-refractivity contribution in [2.75, 3.05) is 50.7 Å². The number of ketones is 1. The Kier molecular flexibility index (Phi) is 6.04. The summed E-state index contributed by atoms with van der Waals surface area (Å²) in [5, 5.41) is 0. The second-order valence-electron chi connectivity index (χ2n) is 7.55. The molecule has 0 N–H and O–H groups in total. The Bertz CT molecular complexity index is 814. The van der Waals surface area contributed by atoms with Crippen LogP contribution in [0.2, 0.25) is 0 Å². The van der Waals surface area contributed by atoms with Crippen molar-refractivity contribution in [1.82, 2.24) is 13.8 Å². The van der Waals surface area contributed by atoms with Crippen LogP contribution in [0.4, 0.5) is 10.1 Å². The third kappa shape index (κ3) is 4.59. The Hall–Kier alpha value is -1.83. The van der Waals surface area contributed by atoms with E-state index < -0.39 is 0 Å². The SMILES string of the molecule is Cn1cc2c(c1)C(=O)CCN(CCCN1CCN(c3ccc(F)cc3)CC1)S2. The van der Waals surface area contributed by atoms with Crippen molar-refractivity contribution in [3.63, 3.8) is 0 Å². The minimum atomic E-state index is -0.182. The van der Waals surface area contributed by atoms with Crippen molar-refractivity contribution in [2.45, 2.75) is 17.7 Å². The fourth-order valence-electron chi connectivity index (χ4n) is 3.90. The predicted octanol–water partition coefficient (Wildman–Crippen LogP) is 3.27. The highest BCUT2D eigenvalue weighted by atomic mass is 32.2. The number of halogens is 1.